The third-order valence-electron chi connectivity index (χ3n) is 5.63. The van der Waals surface area contributed by atoms with Gasteiger partial charge < -0.3 is 4.90 Å². The van der Waals surface area contributed by atoms with Crippen molar-refractivity contribution in [1.29, 1.82) is 0 Å². The summed E-state index contributed by atoms with van der Waals surface area (Å²) in [7, 11) is 2.12. The molecular weight excluding hydrogens is 533 g/mol. The molecule has 0 unspecified atom stereocenters. The van der Waals surface area contributed by atoms with E-state index < -0.39 is 0 Å². The molecule has 1 saturated heterocycles. The Morgan fingerprint density at radius 1 is 1.10 bits per heavy atom. The molecule has 3 aromatic rings. The second-order valence-corrected chi connectivity index (χ2v) is 11.3. The molecule has 0 atom stereocenters. The number of rotatable bonds is 4. The van der Waals surface area contributed by atoms with Crippen molar-refractivity contribution < 1.29 is 0 Å². The lowest BCUT2D eigenvalue weighted by Crippen LogP contribution is -2.59. The monoisotopic (exact) mass is 557 g/mol. The number of nitrogens with zero attached hydrogens (tertiary/aromatic N) is 7. The van der Waals surface area contributed by atoms with Crippen LogP contribution < -0.4 is 4.90 Å². The van der Waals surface area contributed by atoms with E-state index in [-0.39, 0.29) is 11.1 Å². The van der Waals surface area contributed by atoms with Crippen molar-refractivity contribution in [3.8, 4) is 16.3 Å². The SMILES string of the molecule is CN(c1nnc(-c2ccc(-n3nccn3)cc2Cl)s1)C1CC(C)(C)N(I)C(C)(C)C1. The van der Waals surface area contributed by atoms with Gasteiger partial charge >= 0.3 is 0 Å². The van der Waals surface area contributed by atoms with Gasteiger partial charge in [-0.2, -0.15) is 15.0 Å². The van der Waals surface area contributed by atoms with Crippen LogP contribution in [0, 0.1) is 0 Å². The maximum absolute atomic E-state index is 6.56. The Labute approximate surface area is 199 Å². The van der Waals surface area contributed by atoms with Gasteiger partial charge in [0.2, 0.25) is 5.13 Å². The predicted molar refractivity (Wildman–Crippen MR) is 131 cm³/mol. The summed E-state index contributed by atoms with van der Waals surface area (Å²) in [4.78, 5) is 3.82. The molecule has 0 N–H and O–H groups in total. The summed E-state index contributed by atoms with van der Waals surface area (Å²) in [6, 6.07) is 6.13. The van der Waals surface area contributed by atoms with Crippen LogP contribution >= 0.6 is 45.8 Å². The molecular formula is C20H25ClIN7S. The molecule has 1 aliphatic heterocycles. The lowest BCUT2D eigenvalue weighted by molar-refractivity contribution is 0.0724. The Morgan fingerprint density at radius 2 is 1.73 bits per heavy atom. The van der Waals surface area contributed by atoms with E-state index in [2.05, 4.69) is 86.0 Å². The van der Waals surface area contributed by atoms with Gasteiger partial charge in [-0.3, -0.25) is 0 Å². The molecule has 1 fully saturated rings. The van der Waals surface area contributed by atoms with Crippen LogP contribution in [0.1, 0.15) is 40.5 Å². The third kappa shape index (κ3) is 4.09. The van der Waals surface area contributed by atoms with E-state index in [4.69, 9.17) is 11.6 Å². The highest BCUT2D eigenvalue weighted by Gasteiger charge is 2.45. The van der Waals surface area contributed by atoms with Crippen molar-refractivity contribution in [2.24, 2.45) is 0 Å². The minimum absolute atomic E-state index is 0.106. The first-order valence-electron chi connectivity index (χ1n) is 9.77. The molecule has 0 bridgehead atoms. The minimum atomic E-state index is 0.106. The topological polar surface area (TPSA) is 63.0 Å². The van der Waals surface area contributed by atoms with Crippen LogP contribution in [-0.2, 0) is 0 Å². The highest BCUT2D eigenvalue weighted by atomic mass is 127. The zero-order valence-corrected chi connectivity index (χ0v) is 21.4. The van der Waals surface area contributed by atoms with Gasteiger partial charge in [0.15, 0.2) is 5.01 Å². The zero-order valence-electron chi connectivity index (χ0n) is 17.7. The summed E-state index contributed by atoms with van der Waals surface area (Å²) >= 11 is 10.6. The highest BCUT2D eigenvalue weighted by Crippen LogP contribution is 2.44. The van der Waals surface area contributed by atoms with Gasteiger partial charge in [0.25, 0.3) is 0 Å². The van der Waals surface area contributed by atoms with Crippen molar-refractivity contribution in [2.45, 2.75) is 57.7 Å². The Hall–Kier alpha value is -1.30. The van der Waals surface area contributed by atoms with Crippen LogP contribution in [0.15, 0.2) is 30.6 Å². The first kappa shape index (κ1) is 21.9. The number of piperidine rings is 1. The Balaban J connectivity index is 1.57. The second-order valence-electron chi connectivity index (χ2n) is 8.95. The second kappa shape index (κ2) is 7.99. The number of halogens is 2. The van der Waals surface area contributed by atoms with E-state index in [1.54, 1.807) is 23.7 Å². The summed E-state index contributed by atoms with van der Waals surface area (Å²) < 4.78 is 2.46. The van der Waals surface area contributed by atoms with Crippen LogP contribution in [0.3, 0.4) is 0 Å². The number of hydrogen-bond acceptors (Lipinski definition) is 7. The van der Waals surface area contributed by atoms with Crippen molar-refractivity contribution in [3.63, 3.8) is 0 Å². The fraction of sp³-hybridized carbons (Fsp3) is 0.500. The smallest absolute Gasteiger partial charge is 0.208 e. The van der Waals surface area contributed by atoms with Crippen molar-refractivity contribution in [3.05, 3.63) is 35.6 Å². The molecule has 10 heteroatoms. The molecule has 1 aromatic carbocycles. The summed E-state index contributed by atoms with van der Waals surface area (Å²) in [6.45, 7) is 9.23. The van der Waals surface area contributed by atoms with E-state index in [1.807, 2.05) is 18.2 Å². The van der Waals surface area contributed by atoms with Gasteiger partial charge in [0, 0.05) is 52.6 Å². The molecule has 0 spiro atoms. The van der Waals surface area contributed by atoms with Crippen LogP contribution in [0.2, 0.25) is 5.02 Å². The normalized spacial score (nSPS) is 19.2. The maximum atomic E-state index is 6.56. The lowest BCUT2D eigenvalue weighted by Gasteiger charge is -2.53. The summed E-state index contributed by atoms with van der Waals surface area (Å²) in [5, 5.41) is 19.6. The molecule has 7 nitrogen and oxygen atoms in total. The third-order valence-corrected chi connectivity index (χ3v) is 9.60. The zero-order chi connectivity index (χ0) is 21.7. The largest absolute Gasteiger partial charge is 0.347 e. The van der Waals surface area contributed by atoms with Crippen LogP contribution in [-0.4, -0.2) is 52.5 Å². The van der Waals surface area contributed by atoms with E-state index in [0.717, 1.165) is 34.2 Å². The van der Waals surface area contributed by atoms with Gasteiger partial charge in [0.1, 0.15) is 0 Å². The van der Waals surface area contributed by atoms with Gasteiger partial charge in [-0.25, -0.2) is 3.11 Å². The number of anilines is 1. The van der Waals surface area contributed by atoms with Crippen LogP contribution in [0.4, 0.5) is 5.13 Å². The minimum Gasteiger partial charge on any atom is -0.347 e. The van der Waals surface area contributed by atoms with Crippen molar-refractivity contribution >= 4 is 50.9 Å². The molecule has 0 aliphatic carbocycles. The predicted octanol–water partition coefficient (Wildman–Crippen LogP) is 5.25. The van der Waals surface area contributed by atoms with E-state index in [0.29, 0.717) is 11.1 Å². The molecule has 30 heavy (non-hydrogen) atoms. The van der Waals surface area contributed by atoms with Gasteiger partial charge in [-0.15, -0.1) is 10.2 Å². The number of aromatic nitrogens is 5. The molecule has 160 valence electrons. The molecule has 4 rings (SSSR count). The summed E-state index contributed by atoms with van der Waals surface area (Å²) in [6.07, 6.45) is 5.41. The van der Waals surface area contributed by atoms with Gasteiger partial charge in [-0.05, 0) is 58.7 Å². The first-order valence-corrected chi connectivity index (χ1v) is 11.9. The highest BCUT2D eigenvalue weighted by molar-refractivity contribution is 14.1. The standard InChI is InChI=1S/C20H25ClIN7S/c1-19(2)11-14(12-20(3,4)29(19)22)27(5)18-26-25-17(30-18)15-7-6-13(10-16(15)21)28-23-8-9-24-28/h6-10,14H,11-12H2,1-5H3. The van der Waals surface area contributed by atoms with Crippen molar-refractivity contribution in [2.75, 3.05) is 11.9 Å². The molecule has 1 aliphatic rings. The summed E-state index contributed by atoms with van der Waals surface area (Å²) in [5.41, 5.74) is 1.89. The lowest BCUT2D eigenvalue weighted by atomic mass is 9.79. The summed E-state index contributed by atoms with van der Waals surface area (Å²) in [5.74, 6) is 0. The molecule has 2 aromatic heterocycles. The van der Waals surface area contributed by atoms with Crippen molar-refractivity contribution in [1.82, 2.24) is 28.3 Å². The maximum Gasteiger partial charge on any atom is 0.208 e. The van der Waals surface area contributed by atoms with E-state index in [1.165, 1.54) is 4.80 Å². The molecule has 0 radical (unpaired) electrons. The van der Waals surface area contributed by atoms with Gasteiger partial charge in [0.05, 0.1) is 23.1 Å². The Kier molecular flexibility index (Phi) is 5.84. The van der Waals surface area contributed by atoms with E-state index >= 15 is 0 Å². The fourth-order valence-corrected chi connectivity index (χ4v) is 5.88. The molecule has 0 amide bonds. The molecule has 0 saturated carbocycles. The Bertz CT molecular complexity index is 1020. The quantitative estimate of drug-likeness (QED) is 0.323. The number of benzene rings is 1. The fourth-order valence-electron chi connectivity index (χ4n) is 4.25. The number of hydrogen-bond donors (Lipinski definition) is 0. The van der Waals surface area contributed by atoms with Crippen LogP contribution in [0.5, 0.6) is 0 Å². The molecule has 3 heterocycles. The van der Waals surface area contributed by atoms with Gasteiger partial charge in [-0.1, -0.05) is 22.9 Å². The first-order chi connectivity index (χ1) is 14.1. The van der Waals surface area contributed by atoms with E-state index in [9.17, 15) is 0 Å². The average Bonchev–Trinajstić information content (AvgIpc) is 3.37. The van der Waals surface area contributed by atoms with Crippen LogP contribution in [0.25, 0.3) is 16.3 Å². The Morgan fingerprint density at radius 3 is 2.33 bits per heavy atom. The average molecular weight is 558 g/mol.